The van der Waals surface area contributed by atoms with E-state index in [1.165, 1.54) is 12.1 Å². The van der Waals surface area contributed by atoms with Crippen molar-refractivity contribution in [1.82, 2.24) is 9.80 Å². The molecule has 2 heterocycles. The lowest BCUT2D eigenvalue weighted by Gasteiger charge is -2.48. The molecule has 1 N–H and O–H groups in total. The van der Waals surface area contributed by atoms with Crippen LogP contribution in [0.5, 0.6) is 0 Å². The van der Waals surface area contributed by atoms with Gasteiger partial charge in [-0.05, 0) is 61.9 Å². The summed E-state index contributed by atoms with van der Waals surface area (Å²) in [5.74, 6) is -0.0388. The molecule has 1 spiro atoms. The molecule has 2 amide bonds. The first-order chi connectivity index (χ1) is 14.4. The zero-order valence-electron chi connectivity index (χ0n) is 18.5. The van der Waals surface area contributed by atoms with Gasteiger partial charge in [0.2, 0.25) is 11.8 Å². The van der Waals surface area contributed by atoms with Gasteiger partial charge >= 0.3 is 6.18 Å². The Morgan fingerprint density at radius 2 is 1.61 bits per heavy atom. The van der Waals surface area contributed by atoms with Gasteiger partial charge in [-0.1, -0.05) is 20.8 Å². The van der Waals surface area contributed by atoms with Gasteiger partial charge in [0.1, 0.15) is 0 Å². The van der Waals surface area contributed by atoms with Crippen molar-refractivity contribution in [3.8, 4) is 0 Å². The van der Waals surface area contributed by atoms with Crippen molar-refractivity contribution in [2.45, 2.75) is 52.6 Å². The number of hydrogen-bond donors (Lipinski definition) is 1. The number of nitrogens with one attached hydrogen (secondary N) is 1. The molecule has 2 fully saturated rings. The summed E-state index contributed by atoms with van der Waals surface area (Å²) < 4.78 is 38.0. The minimum atomic E-state index is -4.39. The third kappa shape index (κ3) is 5.99. The monoisotopic (exact) mass is 439 g/mol. The first kappa shape index (κ1) is 23.6. The summed E-state index contributed by atoms with van der Waals surface area (Å²) >= 11 is 0. The molecule has 1 aromatic rings. The molecule has 0 radical (unpaired) electrons. The number of anilines is 1. The smallest absolute Gasteiger partial charge is 0.342 e. The van der Waals surface area contributed by atoms with E-state index in [0.717, 1.165) is 64.0 Å². The molecule has 31 heavy (non-hydrogen) atoms. The van der Waals surface area contributed by atoms with Crippen LogP contribution in [0.2, 0.25) is 0 Å². The number of rotatable bonds is 3. The van der Waals surface area contributed by atoms with Crippen molar-refractivity contribution in [3.63, 3.8) is 0 Å². The molecule has 1 aromatic carbocycles. The fraction of sp³-hybridized carbons (Fsp3) is 0.652. The Balaban J connectivity index is 1.52. The highest BCUT2D eigenvalue weighted by atomic mass is 19.4. The van der Waals surface area contributed by atoms with Crippen molar-refractivity contribution in [3.05, 3.63) is 29.8 Å². The van der Waals surface area contributed by atoms with Crippen LogP contribution in [0.1, 0.15) is 52.0 Å². The largest absolute Gasteiger partial charge is 0.416 e. The number of benzene rings is 1. The van der Waals surface area contributed by atoms with Crippen LogP contribution in [-0.4, -0.2) is 54.3 Å². The van der Waals surface area contributed by atoms with Crippen LogP contribution in [0, 0.1) is 10.8 Å². The van der Waals surface area contributed by atoms with Crippen LogP contribution >= 0.6 is 0 Å². The molecule has 3 rings (SSSR count). The highest BCUT2D eigenvalue weighted by molar-refractivity contribution is 5.92. The average Bonchev–Trinajstić information content (AvgIpc) is 2.67. The summed E-state index contributed by atoms with van der Waals surface area (Å²) in [5.41, 5.74) is -0.625. The predicted molar refractivity (Wildman–Crippen MR) is 113 cm³/mol. The van der Waals surface area contributed by atoms with E-state index in [0.29, 0.717) is 5.69 Å². The first-order valence-corrected chi connectivity index (χ1v) is 10.9. The van der Waals surface area contributed by atoms with Gasteiger partial charge in [-0.15, -0.1) is 0 Å². The van der Waals surface area contributed by atoms with Gasteiger partial charge in [-0.25, -0.2) is 0 Å². The summed E-state index contributed by atoms with van der Waals surface area (Å²) in [6, 6.07) is 4.50. The maximum absolute atomic E-state index is 12.7. The second kappa shape index (κ2) is 8.81. The summed E-state index contributed by atoms with van der Waals surface area (Å²) in [6.07, 6.45) is -0.419. The zero-order chi connectivity index (χ0) is 22.9. The number of nitrogens with zero attached hydrogens (tertiary/aromatic N) is 2. The standard InChI is InChI=1S/C23H32F3N3O2/c1-21(2,3)20(31)29-13-10-22(11-14-29)9-4-12-28(16-22)15-19(30)27-18-7-5-17(6-8-18)23(24,25)26/h5-8H,4,9-16H2,1-3H3,(H,27,30). The van der Waals surface area contributed by atoms with Gasteiger partial charge in [0.25, 0.3) is 0 Å². The molecular formula is C23H32F3N3O2. The summed E-state index contributed by atoms with van der Waals surface area (Å²) in [5, 5.41) is 2.70. The van der Waals surface area contributed by atoms with Gasteiger partial charge in [0, 0.05) is 30.7 Å². The van der Waals surface area contributed by atoms with Crippen LogP contribution < -0.4 is 5.32 Å². The molecule has 8 heteroatoms. The molecule has 2 saturated heterocycles. The van der Waals surface area contributed by atoms with Crippen molar-refractivity contribution in [2.24, 2.45) is 10.8 Å². The lowest BCUT2D eigenvalue weighted by molar-refractivity contribution is -0.142. The van der Waals surface area contributed by atoms with Gasteiger partial charge in [-0.2, -0.15) is 13.2 Å². The molecule has 0 saturated carbocycles. The predicted octanol–water partition coefficient (Wildman–Crippen LogP) is 4.39. The minimum absolute atomic E-state index is 0.127. The lowest BCUT2D eigenvalue weighted by Crippen LogP contribution is -2.53. The van der Waals surface area contributed by atoms with E-state index in [1.807, 2.05) is 25.7 Å². The van der Waals surface area contributed by atoms with E-state index < -0.39 is 11.7 Å². The molecule has 2 aliphatic heterocycles. The molecule has 0 aliphatic carbocycles. The number of hydrogen-bond acceptors (Lipinski definition) is 3. The van der Waals surface area contributed by atoms with E-state index in [2.05, 4.69) is 10.2 Å². The van der Waals surface area contributed by atoms with Crippen LogP contribution in [0.4, 0.5) is 18.9 Å². The number of carbonyl (C=O) groups excluding carboxylic acids is 2. The number of amides is 2. The van der Waals surface area contributed by atoms with E-state index in [4.69, 9.17) is 0 Å². The summed E-state index contributed by atoms with van der Waals surface area (Å²) in [6.45, 7) is 9.18. The number of piperidine rings is 2. The summed E-state index contributed by atoms with van der Waals surface area (Å²) in [4.78, 5) is 29.1. The Bertz CT molecular complexity index is 792. The van der Waals surface area contributed by atoms with Crippen LogP contribution in [0.15, 0.2) is 24.3 Å². The first-order valence-electron chi connectivity index (χ1n) is 10.9. The highest BCUT2D eigenvalue weighted by Crippen LogP contribution is 2.40. The minimum Gasteiger partial charge on any atom is -0.342 e. The van der Waals surface area contributed by atoms with E-state index in [1.54, 1.807) is 0 Å². The van der Waals surface area contributed by atoms with Crippen molar-refractivity contribution in [2.75, 3.05) is 38.0 Å². The van der Waals surface area contributed by atoms with Gasteiger partial charge < -0.3 is 10.2 Å². The second-order valence-electron chi connectivity index (χ2n) is 9.98. The van der Waals surface area contributed by atoms with Gasteiger partial charge in [0.05, 0.1) is 12.1 Å². The molecule has 0 bridgehead atoms. The third-order valence-electron chi connectivity index (χ3n) is 6.36. The van der Waals surface area contributed by atoms with E-state index >= 15 is 0 Å². The second-order valence-corrected chi connectivity index (χ2v) is 9.98. The molecule has 172 valence electrons. The normalized spacial score (nSPS) is 20.0. The fourth-order valence-corrected chi connectivity index (χ4v) is 4.66. The van der Waals surface area contributed by atoms with Crippen molar-refractivity contribution < 1.29 is 22.8 Å². The Morgan fingerprint density at radius 3 is 2.16 bits per heavy atom. The summed E-state index contributed by atoms with van der Waals surface area (Å²) in [7, 11) is 0. The fourth-order valence-electron chi connectivity index (χ4n) is 4.66. The van der Waals surface area contributed by atoms with Crippen molar-refractivity contribution in [1.29, 1.82) is 0 Å². The van der Waals surface area contributed by atoms with Crippen LogP contribution in [0.3, 0.4) is 0 Å². The molecule has 0 aromatic heterocycles. The number of carbonyl (C=O) groups is 2. The number of halogens is 3. The average molecular weight is 440 g/mol. The maximum atomic E-state index is 12.7. The zero-order valence-corrected chi connectivity index (χ0v) is 18.5. The molecule has 5 nitrogen and oxygen atoms in total. The Kier molecular flexibility index (Phi) is 6.69. The number of likely N-dealkylation sites (tertiary alicyclic amines) is 2. The third-order valence-corrected chi connectivity index (χ3v) is 6.36. The topological polar surface area (TPSA) is 52.7 Å². The molecule has 2 aliphatic rings. The maximum Gasteiger partial charge on any atom is 0.416 e. The van der Waals surface area contributed by atoms with Gasteiger partial charge in [0.15, 0.2) is 0 Å². The Hall–Kier alpha value is -2.09. The van der Waals surface area contributed by atoms with Gasteiger partial charge in [-0.3, -0.25) is 14.5 Å². The Morgan fingerprint density at radius 1 is 1.00 bits per heavy atom. The Labute approximate surface area is 182 Å². The molecule has 0 atom stereocenters. The SMILES string of the molecule is CC(C)(C)C(=O)N1CCC2(CCCN(CC(=O)Nc3ccc(C(F)(F)F)cc3)C2)CC1. The van der Waals surface area contributed by atoms with E-state index in [-0.39, 0.29) is 29.2 Å². The van der Waals surface area contributed by atoms with Crippen molar-refractivity contribution >= 4 is 17.5 Å². The van der Waals surface area contributed by atoms with Crippen LogP contribution in [0.25, 0.3) is 0 Å². The van der Waals surface area contributed by atoms with E-state index in [9.17, 15) is 22.8 Å². The molecule has 0 unspecified atom stereocenters. The van der Waals surface area contributed by atoms with Crippen LogP contribution in [-0.2, 0) is 15.8 Å². The number of alkyl halides is 3. The highest BCUT2D eigenvalue weighted by Gasteiger charge is 2.41. The molecular weight excluding hydrogens is 407 g/mol. The quantitative estimate of drug-likeness (QED) is 0.760. The lowest BCUT2D eigenvalue weighted by atomic mass is 9.72.